The number of ether oxygens (including phenoxy) is 2. The number of methoxy groups -OCH3 is 1. The Hall–Kier alpha value is -1.79. The summed E-state index contributed by atoms with van der Waals surface area (Å²) in [7, 11) is 3.54. The number of hydrogen-bond acceptors (Lipinski definition) is 4. The summed E-state index contributed by atoms with van der Waals surface area (Å²) in [5.74, 6) is 2.76. The summed E-state index contributed by atoms with van der Waals surface area (Å²) in [5, 5.41) is 6.98. The van der Waals surface area contributed by atoms with Crippen LogP contribution in [0.15, 0.2) is 29.3 Å². The molecule has 6 nitrogen and oxygen atoms in total. The van der Waals surface area contributed by atoms with Crippen LogP contribution in [-0.2, 0) is 4.74 Å². The normalized spacial score (nSPS) is 19.6. The van der Waals surface area contributed by atoms with Crippen molar-refractivity contribution < 1.29 is 9.47 Å². The van der Waals surface area contributed by atoms with Crippen molar-refractivity contribution in [1.82, 2.24) is 15.5 Å². The Kier molecular flexibility index (Phi) is 7.78. The van der Waals surface area contributed by atoms with E-state index in [4.69, 9.17) is 9.47 Å². The fraction of sp³-hybridized carbons (Fsp3) is 0.667. The minimum atomic E-state index is 0.282. The zero-order valence-corrected chi connectivity index (χ0v) is 16.7. The number of nitrogens with one attached hydrogen (secondary N) is 2. The molecule has 2 aliphatic rings. The number of rotatable bonds is 9. The number of nitrogens with zero attached hydrogens (tertiary/aromatic N) is 2. The van der Waals surface area contributed by atoms with Crippen LogP contribution in [0.4, 0.5) is 0 Å². The first kappa shape index (κ1) is 20.0. The molecule has 2 fully saturated rings. The van der Waals surface area contributed by atoms with E-state index >= 15 is 0 Å². The van der Waals surface area contributed by atoms with Gasteiger partial charge in [0.1, 0.15) is 5.75 Å². The zero-order chi connectivity index (χ0) is 18.9. The van der Waals surface area contributed by atoms with Crippen LogP contribution < -0.4 is 15.4 Å². The minimum Gasteiger partial charge on any atom is -0.497 e. The molecule has 27 heavy (non-hydrogen) atoms. The highest BCUT2D eigenvalue weighted by atomic mass is 16.5. The van der Waals surface area contributed by atoms with E-state index < -0.39 is 0 Å². The van der Waals surface area contributed by atoms with Gasteiger partial charge in [-0.2, -0.15) is 0 Å². The molecule has 1 atom stereocenters. The molecule has 1 unspecified atom stereocenters. The molecular formula is C21H34N4O2. The smallest absolute Gasteiger partial charge is 0.191 e. The van der Waals surface area contributed by atoms with Crippen molar-refractivity contribution in [2.75, 3.05) is 53.6 Å². The van der Waals surface area contributed by atoms with Crippen LogP contribution in [0.2, 0.25) is 0 Å². The Morgan fingerprint density at radius 1 is 1.22 bits per heavy atom. The lowest BCUT2D eigenvalue weighted by atomic mass is 10.0. The fourth-order valence-corrected chi connectivity index (χ4v) is 3.59. The van der Waals surface area contributed by atoms with Gasteiger partial charge in [0.05, 0.1) is 26.4 Å². The Labute approximate surface area is 163 Å². The second-order valence-corrected chi connectivity index (χ2v) is 7.40. The summed E-state index contributed by atoms with van der Waals surface area (Å²) in [6.07, 6.45) is 5.41. The summed E-state index contributed by atoms with van der Waals surface area (Å²) >= 11 is 0. The first-order chi connectivity index (χ1) is 13.3. The topological polar surface area (TPSA) is 58.1 Å². The quantitative estimate of drug-likeness (QED) is 0.395. The average molecular weight is 375 g/mol. The number of morpholine rings is 1. The van der Waals surface area contributed by atoms with Gasteiger partial charge in [-0.15, -0.1) is 0 Å². The Morgan fingerprint density at radius 2 is 1.96 bits per heavy atom. The van der Waals surface area contributed by atoms with E-state index in [9.17, 15) is 0 Å². The Bertz CT molecular complexity index is 580. The first-order valence-corrected chi connectivity index (χ1v) is 10.2. The van der Waals surface area contributed by atoms with Crippen molar-refractivity contribution in [3.05, 3.63) is 29.8 Å². The van der Waals surface area contributed by atoms with Gasteiger partial charge in [0, 0.05) is 33.2 Å². The molecule has 0 spiro atoms. The summed E-state index contributed by atoms with van der Waals surface area (Å²) in [6.45, 7) is 5.29. The SMILES string of the molecule is CN=C(NCCCC1CC1)NCC(c1ccc(OC)cc1)N1CCOCC1. The van der Waals surface area contributed by atoms with Crippen LogP contribution in [-0.4, -0.2) is 64.4 Å². The molecule has 1 aliphatic carbocycles. The highest BCUT2D eigenvalue weighted by Gasteiger charge is 2.23. The lowest BCUT2D eigenvalue weighted by molar-refractivity contribution is 0.0170. The van der Waals surface area contributed by atoms with Crippen LogP contribution in [0, 0.1) is 5.92 Å². The van der Waals surface area contributed by atoms with E-state index in [0.717, 1.165) is 57.0 Å². The molecule has 6 heteroatoms. The van der Waals surface area contributed by atoms with Crippen molar-refractivity contribution in [2.45, 2.75) is 31.7 Å². The van der Waals surface area contributed by atoms with Crippen LogP contribution in [0.5, 0.6) is 5.75 Å². The van der Waals surface area contributed by atoms with Crippen molar-refractivity contribution in [2.24, 2.45) is 10.9 Å². The third-order valence-electron chi connectivity index (χ3n) is 5.45. The van der Waals surface area contributed by atoms with Gasteiger partial charge < -0.3 is 20.1 Å². The van der Waals surface area contributed by atoms with E-state index in [1.54, 1.807) is 7.11 Å². The van der Waals surface area contributed by atoms with E-state index in [-0.39, 0.29) is 6.04 Å². The van der Waals surface area contributed by atoms with Crippen LogP contribution >= 0.6 is 0 Å². The van der Waals surface area contributed by atoms with Gasteiger partial charge in [0.15, 0.2) is 5.96 Å². The zero-order valence-electron chi connectivity index (χ0n) is 16.7. The summed E-state index contributed by atoms with van der Waals surface area (Å²) in [5.41, 5.74) is 1.29. The highest BCUT2D eigenvalue weighted by Crippen LogP contribution is 2.33. The first-order valence-electron chi connectivity index (χ1n) is 10.2. The molecule has 0 aromatic heterocycles. The molecule has 1 saturated carbocycles. The Morgan fingerprint density at radius 3 is 2.59 bits per heavy atom. The van der Waals surface area contributed by atoms with Crippen molar-refractivity contribution in [3.8, 4) is 5.75 Å². The fourth-order valence-electron chi connectivity index (χ4n) is 3.59. The predicted molar refractivity (Wildman–Crippen MR) is 109 cm³/mol. The molecule has 0 amide bonds. The van der Waals surface area contributed by atoms with Gasteiger partial charge in [-0.3, -0.25) is 9.89 Å². The maximum Gasteiger partial charge on any atom is 0.191 e. The third-order valence-corrected chi connectivity index (χ3v) is 5.45. The molecular weight excluding hydrogens is 340 g/mol. The molecule has 2 N–H and O–H groups in total. The van der Waals surface area contributed by atoms with Crippen molar-refractivity contribution >= 4 is 5.96 Å². The maximum atomic E-state index is 5.54. The minimum absolute atomic E-state index is 0.282. The number of benzene rings is 1. The highest BCUT2D eigenvalue weighted by molar-refractivity contribution is 5.79. The van der Waals surface area contributed by atoms with Gasteiger partial charge >= 0.3 is 0 Å². The van der Waals surface area contributed by atoms with Crippen molar-refractivity contribution in [3.63, 3.8) is 0 Å². The van der Waals surface area contributed by atoms with Gasteiger partial charge in [-0.05, 0) is 36.5 Å². The Balaban J connectivity index is 1.55. The molecule has 1 heterocycles. The van der Waals surface area contributed by atoms with Crippen LogP contribution in [0.25, 0.3) is 0 Å². The lowest BCUT2D eigenvalue weighted by Gasteiger charge is -2.35. The second kappa shape index (κ2) is 10.5. The lowest BCUT2D eigenvalue weighted by Crippen LogP contribution is -2.46. The standard InChI is InChI=1S/C21H34N4O2/c1-22-21(23-11-3-4-17-5-6-17)24-16-20(25-12-14-27-15-13-25)18-7-9-19(26-2)10-8-18/h7-10,17,20H,3-6,11-16H2,1-2H3,(H2,22,23,24). The van der Waals surface area contributed by atoms with Crippen LogP contribution in [0.1, 0.15) is 37.3 Å². The van der Waals surface area contributed by atoms with Gasteiger partial charge in [0.2, 0.25) is 0 Å². The molecule has 150 valence electrons. The van der Waals surface area contributed by atoms with Crippen LogP contribution in [0.3, 0.4) is 0 Å². The van der Waals surface area contributed by atoms with E-state index in [2.05, 4.69) is 32.7 Å². The molecule has 1 aromatic carbocycles. The molecule has 0 radical (unpaired) electrons. The number of aliphatic imine (C=N–C) groups is 1. The summed E-state index contributed by atoms with van der Waals surface area (Å²) in [4.78, 5) is 6.87. The average Bonchev–Trinajstić information content (AvgIpc) is 3.55. The molecule has 1 aliphatic heterocycles. The van der Waals surface area contributed by atoms with E-state index in [1.807, 2.05) is 19.2 Å². The summed E-state index contributed by atoms with van der Waals surface area (Å²) in [6, 6.07) is 8.67. The molecule has 1 saturated heterocycles. The molecule has 0 bridgehead atoms. The number of guanidine groups is 1. The maximum absolute atomic E-state index is 5.54. The van der Waals surface area contributed by atoms with Gasteiger partial charge in [0.25, 0.3) is 0 Å². The van der Waals surface area contributed by atoms with Crippen molar-refractivity contribution in [1.29, 1.82) is 0 Å². The monoisotopic (exact) mass is 374 g/mol. The molecule has 3 rings (SSSR count). The van der Waals surface area contributed by atoms with Gasteiger partial charge in [-0.1, -0.05) is 25.0 Å². The van der Waals surface area contributed by atoms with Gasteiger partial charge in [-0.25, -0.2) is 0 Å². The largest absolute Gasteiger partial charge is 0.497 e. The summed E-state index contributed by atoms with van der Waals surface area (Å²) < 4.78 is 10.8. The third kappa shape index (κ3) is 6.40. The molecule has 1 aromatic rings. The predicted octanol–water partition coefficient (Wildman–Crippen LogP) is 2.42. The second-order valence-electron chi connectivity index (χ2n) is 7.40. The number of hydrogen-bond donors (Lipinski definition) is 2. The van der Waals surface area contributed by atoms with E-state index in [1.165, 1.54) is 31.2 Å². The van der Waals surface area contributed by atoms with E-state index in [0.29, 0.717) is 0 Å².